The molecule has 5 nitrogen and oxygen atoms in total. The van der Waals surface area contributed by atoms with Gasteiger partial charge in [-0.3, -0.25) is 0 Å². The van der Waals surface area contributed by atoms with Crippen LogP contribution in [0.4, 0.5) is 0 Å². The van der Waals surface area contributed by atoms with E-state index >= 15 is 0 Å². The fourth-order valence-corrected chi connectivity index (χ4v) is 2.45. The highest BCUT2D eigenvalue weighted by Crippen LogP contribution is 2.27. The van der Waals surface area contributed by atoms with Crippen LogP contribution in [0.2, 0.25) is 5.22 Å². The zero-order valence-electron chi connectivity index (χ0n) is 10.9. The van der Waals surface area contributed by atoms with Crippen LogP contribution in [0.5, 0.6) is 0 Å². The van der Waals surface area contributed by atoms with Crippen molar-refractivity contribution in [1.82, 2.24) is 15.3 Å². The molecule has 3 rings (SSSR count). The van der Waals surface area contributed by atoms with Crippen molar-refractivity contribution in [3.05, 3.63) is 57.4 Å². The molecule has 0 spiro atoms. The molecule has 1 atom stereocenters. The minimum absolute atomic E-state index is 0.102. The van der Waals surface area contributed by atoms with Crippen LogP contribution >= 0.6 is 11.6 Å². The van der Waals surface area contributed by atoms with E-state index in [0.717, 1.165) is 28.9 Å². The van der Waals surface area contributed by atoms with Crippen LogP contribution < -0.4 is 11.0 Å². The number of aromatic nitrogens is 2. The molecule has 0 bridgehead atoms. The molecule has 104 valence electrons. The monoisotopic (exact) mass is 291 g/mol. The topological polar surface area (TPSA) is 73.8 Å². The summed E-state index contributed by atoms with van der Waals surface area (Å²) >= 11 is 5.84. The number of imidazole rings is 1. The quantitative estimate of drug-likeness (QED) is 0.692. The summed E-state index contributed by atoms with van der Waals surface area (Å²) in [6.07, 6.45) is 0. The SMILES string of the molecule is CCNC(c1ccc2[nH]c(=O)[nH]c2c1)c1ccc(Cl)o1. The van der Waals surface area contributed by atoms with Crippen molar-refractivity contribution in [1.29, 1.82) is 0 Å². The smallest absolute Gasteiger partial charge is 0.323 e. The first-order valence-corrected chi connectivity index (χ1v) is 6.75. The Labute approximate surface area is 120 Å². The highest BCUT2D eigenvalue weighted by Gasteiger charge is 2.17. The zero-order valence-corrected chi connectivity index (χ0v) is 11.6. The molecule has 0 saturated heterocycles. The van der Waals surface area contributed by atoms with Gasteiger partial charge in [-0.15, -0.1) is 0 Å². The number of benzene rings is 1. The number of fused-ring (bicyclic) bond motifs is 1. The molecule has 2 heterocycles. The van der Waals surface area contributed by atoms with E-state index in [1.165, 1.54) is 0 Å². The maximum Gasteiger partial charge on any atom is 0.323 e. The largest absolute Gasteiger partial charge is 0.448 e. The van der Waals surface area contributed by atoms with Gasteiger partial charge >= 0.3 is 5.69 Å². The van der Waals surface area contributed by atoms with E-state index in [0.29, 0.717) is 5.22 Å². The van der Waals surface area contributed by atoms with Gasteiger partial charge in [-0.05, 0) is 48.0 Å². The first-order valence-electron chi connectivity index (χ1n) is 6.38. The number of hydrogen-bond acceptors (Lipinski definition) is 3. The zero-order chi connectivity index (χ0) is 14.1. The highest BCUT2D eigenvalue weighted by atomic mass is 35.5. The molecule has 20 heavy (non-hydrogen) atoms. The second-order valence-electron chi connectivity index (χ2n) is 4.52. The Kier molecular flexibility index (Phi) is 3.38. The maximum atomic E-state index is 11.3. The van der Waals surface area contributed by atoms with Crippen LogP contribution in [0.25, 0.3) is 11.0 Å². The number of hydrogen-bond donors (Lipinski definition) is 3. The van der Waals surface area contributed by atoms with Crippen molar-refractivity contribution in [2.75, 3.05) is 6.54 Å². The van der Waals surface area contributed by atoms with Gasteiger partial charge in [0, 0.05) is 0 Å². The minimum atomic E-state index is -0.210. The van der Waals surface area contributed by atoms with Gasteiger partial charge < -0.3 is 19.7 Å². The number of aromatic amines is 2. The second kappa shape index (κ2) is 5.19. The lowest BCUT2D eigenvalue weighted by Gasteiger charge is -2.16. The Morgan fingerprint density at radius 1 is 1.25 bits per heavy atom. The molecule has 0 radical (unpaired) electrons. The normalized spacial score (nSPS) is 12.9. The summed E-state index contributed by atoms with van der Waals surface area (Å²) in [7, 11) is 0. The van der Waals surface area contributed by atoms with Crippen LogP contribution in [-0.4, -0.2) is 16.5 Å². The summed E-state index contributed by atoms with van der Waals surface area (Å²) in [5, 5.41) is 3.71. The predicted molar refractivity (Wildman–Crippen MR) is 78.2 cm³/mol. The number of furan rings is 1. The molecule has 0 aliphatic rings. The van der Waals surface area contributed by atoms with E-state index < -0.39 is 0 Å². The Morgan fingerprint density at radius 2 is 2.05 bits per heavy atom. The van der Waals surface area contributed by atoms with E-state index in [4.69, 9.17) is 16.0 Å². The minimum Gasteiger partial charge on any atom is -0.448 e. The summed E-state index contributed by atoms with van der Waals surface area (Å²) in [6, 6.07) is 9.22. The molecule has 2 aromatic heterocycles. The van der Waals surface area contributed by atoms with Crippen molar-refractivity contribution in [3.63, 3.8) is 0 Å². The average molecular weight is 292 g/mol. The van der Waals surface area contributed by atoms with Crippen molar-refractivity contribution in [2.45, 2.75) is 13.0 Å². The van der Waals surface area contributed by atoms with Crippen molar-refractivity contribution in [3.8, 4) is 0 Å². The molecule has 3 aromatic rings. The Bertz CT molecular complexity index is 787. The van der Waals surface area contributed by atoms with Gasteiger partial charge in [0.05, 0.1) is 17.1 Å². The molecule has 0 fully saturated rings. The fourth-order valence-electron chi connectivity index (χ4n) is 2.30. The van der Waals surface area contributed by atoms with Crippen LogP contribution in [0.1, 0.15) is 24.3 Å². The third-order valence-electron chi connectivity index (χ3n) is 3.16. The highest BCUT2D eigenvalue weighted by molar-refractivity contribution is 6.28. The second-order valence-corrected chi connectivity index (χ2v) is 4.89. The fraction of sp³-hybridized carbons (Fsp3) is 0.214. The van der Waals surface area contributed by atoms with Gasteiger partial charge in [0.2, 0.25) is 0 Å². The van der Waals surface area contributed by atoms with Crippen LogP contribution in [0.3, 0.4) is 0 Å². The summed E-state index contributed by atoms with van der Waals surface area (Å²) in [5.74, 6) is 0.745. The third-order valence-corrected chi connectivity index (χ3v) is 3.36. The molecule has 1 unspecified atom stereocenters. The molecule has 1 aromatic carbocycles. The van der Waals surface area contributed by atoms with Gasteiger partial charge in [0.25, 0.3) is 0 Å². The molecule has 0 amide bonds. The van der Waals surface area contributed by atoms with Crippen molar-refractivity contribution >= 4 is 22.6 Å². The first-order chi connectivity index (χ1) is 9.67. The molecule has 6 heteroatoms. The molecule has 0 aliphatic heterocycles. The van der Waals surface area contributed by atoms with Crippen LogP contribution in [0, 0.1) is 0 Å². The van der Waals surface area contributed by atoms with E-state index in [1.54, 1.807) is 6.07 Å². The standard InChI is InChI=1S/C14H14ClN3O2/c1-2-16-13(11-5-6-12(15)20-11)8-3-4-9-10(7-8)18-14(19)17-9/h3-7,13,16H,2H2,1H3,(H2,17,18,19). The Balaban J connectivity index is 2.06. The van der Waals surface area contributed by atoms with Crippen molar-refractivity contribution < 1.29 is 4.42 Å². The van der Waals surface area contributed by atoms with Crippen molar-refractivity contribution in [2.24, 2.45) is 0 Å². The third kappa shape index (κ3) is 2.37. The van der Waals surface area contributed by atoms with E-state index in [9.17, 15) is 4.79 Å². The number of halogens is 1. The molecule has 3 N–H and O–H groups in total. The number of nitrogens with one attached hydrogen (secondary N) is 3. The Hall–Kier alpha value is -1.98. The molecule has 0 saturated carbocycles. The van der Waals surface area contributed by atoms with Gasteiger partial charge in [0.1, 0.15) is 5.76 Å². The van der Waals surface area contributed by atoms with Gasteiger partial charge in [-0.2, -0.15) is 0 Å². The number of rotatable bonds is 4. The van der Waals surface area contributed by atoms with Gasteiger partial charge in [0.15, 0.2) is 5.22 Å². The first kappa shape index (κ1) is 13.0. The van der Waals surface area contributed by atoms with E-state index in [2.05, 4.69) is 15.3 Å². The molecular weight excluding hydrogens is 278 g/mol. The van der Waals surface area contributed by atoms with Crippen LogP contribution in [0.15, 0.2) is 39.5 Å². The van der Waals surface area contributed by atoms with E-state index in [-0.39, 0.29) is 11.7 Å². The Morgan fingerprint density at radius 3 is 2.75 bits per heavy atom. The summed E-state index contributed by atoms with van der Waals surface area (Å²) < 4.78 is 5.49. The summed E-state index contributed by atoms with van der Waals surface area (Å²) in [6.45, 7) is 2.80. The molecular formula is C14H14ClN3O2. The maximum absolute atomic E-state index is 11.3. The van der Waals surface area contributed by atoms with Crippen LogP contribution in [-0.2, 0) is 0 Å². The average Bonchev–Trinajstić information content (AvgIpc) is 3.00. The lowest BCUT2D eigenvalue weighted by molar-refractivity contribution is 0.453. The van der Waals surface area contributed by atoms with Gasteiger partial charge in [-0.25, -0.2) is 4.79 Å². The molecule has 0 aliphatic carbocycles. The predicted octanol–water partition coefficient (Wildman–Crippen LogP) is 2.80. The lowest BCUT2D eigenvalue weighted by atomic mass is 10.0. The lowest BCUT2D eigenvalue weighted by Crippen LogP contribution is -2.21. The van der Waals surface area contributed by atoms with E-state index in [1.807, 2.05) is 31.2 Å². The summed E-state index contributed by atoms with van der Waals surface area (Å²) in [4.78, 5) is 16.8. The number of H-pyrrole nitrogens is 2. The van der Waals surface area contributed by atoms with Gasteiger partial charge in [-0.1, -0.05) is 13.0 Å². The summed E-state index contributed by atoms with van der Waals surface area (Å²) in [5.41, 5.74) is 2.35.